The van der Waals surface area contributed by atoms with E-state index < -0.39 is 9.84 Å². The van der Waals surface area contributed by atoms with Crippen molar-refractivity contribution < 1.29 is 12.8 Å². The molecule has 3 nitrogen and oxygen atoms in total. The normalized spacial score (nSPS) is 13.6. The maximum Gasteiger partial charge on any atom is 0.147 e. The molecular weight excluding hydrogens is 321 g/mol. The first-order valence-corrected chi connectivity index (χ1v) is 8.55. The van der Waals surface area contributed by atoms with Gasteiger partial charge in [0.2, 0.25) is 0 Å². The van der Waals surface area contributed by atoms with E-state index in [1.54, 1.807) is 12.1 Å². The molecule has 0 aliphatic carbocycles. The predicted octanol–water partition coefficient (Wildman–Crippen LogP) is 2.67. The van der Waals surface area contributed by atoms with Gasteiger partial charge in [0.1, 0.15) is 15.7 Å². The third-order valence-electron chi connectivity index (χ3n) is 2.58. The number of halogens is 2. The Morgan fingerprint density at radius 3 is 2.67 bits per heavy atom. The van der Waals surface area contributed by atoms with Gasteiger partial charge in [-0.05, 0) is 40.5 Å². The molecule has 1 aromatic rings. The summed E-state index contributed by atoms with van der Waals surface area (Å²) in [5, 5.41) is 3.18. The van der Waals surface area contributed by atoms with Gasteiger partial charge in [0.25, 0.3) is 0 Å². The highest BCUT2D eigenvalue weighted by Crippen LogP contribution is 2.28. The van der Waals surface area contributed by atoms with Crippen molar-refractivity contribution in [1.82, 2.24) is 5.32 Å². The fourth-order valence-electron chi connectivity index (χ4n) is 1.74. The molecule has 0 bridgehead atoms. The smallest absolute Gasteiger partial charge is 0.147 e. The predicted molar refractivity (Wildman–Crippen MR) is 74.8 cm³/mol. The summed E-state index contributed by atoms with van der Waals surface area (Å²) in [7, 11) is -3.02. The molecule has 1 unspecified atom stereocenters. The van der Waals surface area contributed by atoms with Crippen molar-refractivity contribution in [3.8, 4) is 0 Å². The molecule has 0 aliphatic heterocycles. The molecule has 1 N–H and O–H groups in total. The topological polar surface area (TPSA) is 46.2 Å². The van der Waals surface area contributed by atoms with Crippen LogP contribution in [0.4, 0.5) is 4.39 Å². The fraction of sp³-hybridized carbons (Fsp3) is 0.500. The molecule has 0 radical (unpaired) electrons. The zero-order valence-corrected chi connectivity index (χ0v) is 12.8. The van der Waals surface area contributed by atoms with E-state index in [-0.39, 0.29) is 17.6 Å². The molecule has 1 aromatic carbocycles. The van der Waals surface area contributed by atoms with Gasteiger partial charge in [0.15, 0.2) is 0 Å². The Bertz CT molecular complexity index is 505. The van der Waals surface area contributed by atoms with E-state index in [0.29, 0.717) is 17.4 Å². The molecule has 0 spiro atoms. The highest BCUT2D eigenvalue weighted by Gasteiger charge is 2.17. The van der Waals surface area contributed by atoms with E-state index in [9.17, 15) is 12.8 Å². The van der Waals surface area contributed by atoms with Crippen molar-refractivity contribution in [3.63, 3.8) is 0 Å². The van der Waals surface area contributed by atoms with Gasteiger partial charge >= 0.3 is 0 Å². The Morgan fingerprint density at radius 2 is 2.11 bits per heavy atom. The molecule has 0 amide bonds. The average Bonchev–Trinajstić information content (AvgIpc) is 2.27. The molecule has 0 aliphatic rings. The summed E-state index contributed by atoms with van der Waals surface area (Å²) in [4.78, 5) is 0. The minimum absolute atomic E-state index is 0.0770. The van der Waals surface area contributed by atoms with E-state index in [2.05, 4.69) is 21.2 Å². The first-order chi connectivity index (χ1) is 8.35. The minimum atomic E-state index is -3.02. The van der Waals surface area contributed by atoms with Gasteiger partial charge in [0.05, 0.1) is 10.2 Å². The second kappa shape index (κ2) is 6.63. The van der Waals surface area contributed by atoms with Crippen molar-refractivity contribution in [1.29, 1.82) is 0 Å². The second-order valence-corrected chi connectivity index (χ2v) is 7.22. The lowest BCUT2D eigenvalue weighted by Gasteiger charge is -2.19. The fourth-order valence-corrected chi connectivity index (χ4v) is 2.94. The molecule has 0 heterocycles. The van der Waals surface area contributed by atoms with E-state index in [4.69, 9.17) is 0 Å². The van der Waals surface area contributed by atoms with Gasteiger partial charge in [0, 0.05) is 12.3 Å². The van der Waals surface area contributed by atoms with Crippen LogP contribution < -0.4 is 5.32 Å². The van der Waals surface area contributed by atoms with Crippen LogP contribution >= 0.6 is 15.9 Å². The minimum Gasteiger partial charge on any atom is -0.310 e. The lowest BCUT2D eigenvalue weighted by Crippen LogP contribution is -2.24. The molecular formula is C12H17BrFNO2S. The summed E-state index contributed by atoms with van der Waals surface area (Å²) in [6, 6.07) is 4.62. The van der Waals surface area contributed by atoms with Crippen molar-refractivity contribution in [2.24, 2.45) is 0 Å². The summed E-state index contributed by atoms with van der Waals surface area (Å²) >= 11 is 3.21. The SMILES string of the molecule is CCNC(CCS(C)(=O)=O)c1cccc(F)c1Br. The number of hydrogen-bond donors (Lipinski definition) is 1. The summed E-state index contributed by atoms with van der Waals surface area (Å²) < 4.78 is 36.3. The third-order valence-corrected chi connectivity index (χ3v) is 4.40. The first-order valence-electron chi connectivity index (χ1n) is 5.70. The van der Waals surface area contributed by atoms with E-state index in [1.807, 2.05) is 6.92 Å². The molecule has 0 saturated carbocycles. The van der Waals surface area contributed by atoms with Crippen LogP contribution in [0.5, 0.6) is 0 Å². The molecule has 102 valence electrons. The van der Waals surface area contributed by atoms with Gasteiger partial charge in [-0.2, -0.15) is 0 Å². The van der Waals surface area contributed by atoms with Gasteiger partial charge in [-0.1, -0.05) is 19.1 Å². The maximum absolute atomic E-state index is 13.5. The van der Waals surface area contributed by atoms with Gasteiger partial charge in [-0.25, -0.2) is 12.8 Å². The first kappa shape index (κ1) is 15.6. The van der Waals surface area contributed by atoms with Crippen molar-refractivity contribution in [2.45, 2.75) is 19.4 Å². The molecule has 0 saturated heterocycles. The number of nitrogens with one attached hydrogen (secondary N) is 1. The van der Waals surface area contributed by atoms with Gasteiger partial charge in [-0.15, -0.1) is 0 Å². The van der Waals surface area contributed by atoms with Crippen molar-refractivity contribution in [2.75, 3.05) is 18.6 Å². The van der Waals surface area contributed by atoms with Crippen LogP contribution in [-0.4, -0.2) is 27.0 Å². The summed E-state index contributed by atoms with van der Waals surface area (Å²) in [5.74, 6) is -0.261. The summed E-state index contributed by atoms with van der Waals surface area (Å²) in [6.45, 7) is 2.62. The molecule has 1 atom stereocenters. The van der Waals surface area contributed by atoms with Crippen LogP contribution in [0.1, 0.15) is 24.9 Å². The Labute approximate surface area is 116 Å². The Morgan fingerprint density at radius 1 is 1.44 bits per heavy atom. The standard InChI is InChI=1S/C12H17BrFNO2S/c1-3-15-11(7-8-18(2,16)17)9-5-4-6-10(14)12(9)13/h4-6,11,15H,3,7-8H2,1-2H3. The zero-order chi connectivity index (χ0) is 13.8. The van der Waals surface area contributed by atoms with Gasteiger partial charge in [-0.3, -0.25) is 0 Å². The lowest BCUT2D eigenvalue weighted by atomic mass is 10.0. The van der Waals surface area contributed by atoms with E-state index in [0.717, 1.165) is 5.56 Å². The van der Waals surface area contributed by atoms with Crippen LogP contribution in [0.2, 0.25) is 0 Å². The second-order valence-electron chi connectivity index (χ2n) is 4.17. The van der Waals surface area contributed by atoms with Crippen LogP contribution in [0.3, 0.4) is 0 Å². The van der Waals surface area contributed by atoms with E-state index >= 15 is 0 Å². The molecule has 18 heavy (non-hydrogen) atoms. The van der Waals surface area contributed by atoms with Crippen LogP contribution in [0.15, 0.2) is 22.7 Å². The van der Waals surface area contributed by atoms with Crippen LogP contribution in [0.25, 0.3) is 0 Å². The molecule has 6 heteroatoms. The Kier molecular flexibility index (Phi) is 5.75. The van der Waals surface area contributed by atoms with Crippen molar-refractivity contribution >= 4 is 25.8 Å². The maximum atomic E-state index is 13.5. The summed E-state index contributed by atoms with van der Waals surface area (Å²) in [5.41, 5.74) is 0.750. The molecule has 0 fully saturated rings. The quantitative estimate of drug-likeness (QED) is 0.867. The van der Waals surface area contributed by atoms with Gasteiger partial charge < -0.3 is 5.32 Å². The number of rotatable bonds is 6. The van der Waals surface area contributed by atoms with Crippen LogP contribution in [0, 0.1) is 5.82 Å². The Balaban J connectivity index is 2.93. The molecule has 0 aromatic heterocycles. The van der Waals surface area contributed by atoms with Crippen molar-refractivity contribution in [3.05, 3.63) is 34.1 Å². The zero-order valence-electron chi connectivity index (χ0n) is 10.4. The lowest BCUT2D eigenvalue weighted by molar-refractivity contribution is 0.522. The monoisotopic (exact) mass is 337 g/mol. The van der Waals surface area contributed by atoms with E-state index in [1.165, 1.54) is 12.3 Å². The largest absolute Gasteiger partial charge is 0.310 e. The average molecular weight is 338 g/mol. The molecule has 1 rings (SSSR count). The highest BCUT2D eigenvalue weighted by atomic mass is 79.9. The number of benzene rings is 1. The highest BCUT2D eigenvalue weighted by molar-refractivity contribution is 9.10. The Hall–Kier alpha value is -0.460. The van der Waals surface area contributed by atoms with Crippen LogP contribution in [-0.2, 0) is 9.84 Å². The number of hydrogen-bond acceptors (Lipinski definition) is 3. The summed E-state index contributed by atoms with van der Waals surface area (Å²) in [6.07, 6.45) is 1.63. The third kappa shape index (κ3) is 4.66. The number of sulfone groups is 1.